The number of benzene rings is 1. The fraction of sp³-hybridized carbons (Fsp3) is 0.100. The van der Waals surface area contributed by atoms with Gasteiger partial charge >= 0.3 is 0 Å². The zero-order valence-corrected chi connectivity index (χ0v) is 11.0. The van der Waals surface area contributed by atoms with E-state index >= 15 is 0 Å². The van der Waals surface area contributed by atoms with Crippen molar-refractivity contribution < 1.29 is 0 Å². The van der Waals surface area contributed by atoms with Gasteiger partial charge in [-0.25, -0.2) is 0 Å². The van der Waals surface area contributed by atoms with E-state index < -0.39 is 0 Å². The summed E-state index contributed by atoms with van der Waals surface area (Å²) in [6, 6.07) is 6.20. The van der Waals surface area contributed by atoms with Crippen molar-refractivity contribution in [2.75, 3.05) is 0 Å². The Bertz CT molecular complexity index is 525. The third-order valence-corrected chi connectivity index (χ3v) is 4.65. The molecule has 70 valence electrons. The van der Waals surface area contributed by atoms with Gasteiger partial charge in [0.15, 0.2) is 0 Å². The Balaban J connectivity index is 2.89. The molecular weight excluding hydrogens is 326 g/mol. The van der Waals surface area contributed by atoms with Gasteiger partial charge in [0, 0.05) is 5.33 Å². The van der Waals surface area contributed by atoms with Crippen molar-refractivity contribution >= 4 is 53.3 Å². The van der Waals surface area contributed by atoms with Crippen LogP contribution in [0.2, 0.25) is 0 Å². The summed E-state index contributed by atoms with van der Waals surface area (Å²) in [4.78, 5) is 0. The number of nitriles is 1. The zero-order chi connectivity index (χ0) is 10.1. The van der Waals surface area contributed by atoms with E-state index in [-0.39, 0.29) is 0 Å². The summed E-state index contributed by atoms with van der Waals surface area (Å²) in [6.07, 6.45) is 0. The first-order valence-corrected chi connectivity index (χ1v) is 6.72. The molecule has 0 aliphatic heterocycles. The van der Waals surface area contributed by atoms with Crippen LogP contribution >= 0.6 is 43.2 Å². The Hall–Kier alpha value is -0.370. The van der Waals surface area contributed by atoms with Crippen LogP contribution in [-0.2, 0) is 5.33 Å². The molecular formula is C10H5Br2NS. The van der Waals surface area contributed by atoms with Crippen LogP contribution in [-0.4, -0.2) is 0 Å². The van der Waals surface area contributed by atoms with Crippen LogP contribution in [0, 0.1) is 11.3 Å². The molecule has 0 bridgehead atoms. The van der Waals surface area contributed by atoms with E-state index in [1.54, 1.807) is 11.3 Å². The second-order valence-electron chi connectivity index (χ2n) is 2.81. The highest BCUT2D eigenvalue weighted by Crippen LogP contribution is 2.35. The van der Waals surface area contributed by atoms with Gasteiger partial charge < -0.3 is 0 Å². The Morgan fingerprint density at radius 2 is 2.29 bits per heavy atom. The summed E-state index contributed by atoms with van der Waals surface area (Å²) >= 11 is 8.54. The Morgan fingerprint density at radius 3 is 2.93 bits per heavy atom. The van der Waals surface area contributed by atoms with Gasteiger partial charge in [0.1, 0.15) is 6.07 Å². The van der Waals surface area contributed by atoms with Crippen LogP contribution in [0.25, 0.3) is 10.1 Å². The van der Waals surface area contributed by atoms with Crippen LogP contribution in [0.15, 0.2) is 22.0 Å². The Morgan fingerprint density at radius 1 is 1.50 bits per heavy atom. The Kier molecular flexibility index (Phi) is 2.91. The molecule has 0 atom stereocenters. The molecule has 0 saturated carbocycles. The first-order chi connectivity index (χ1) is 6.77. The molecule has 1 heterocycles. The number of fused-ring (bicyclic) bond motifs is 1. The van der Waals surface area contributed by atoms with Gasteiger partial charge in [-0.1, -0.05) is 15.9 Å². The van der Waals surface area contributed by atoms with E-state index in [0.717, 1.165) is 14.5 Å². The fourth-order valence-electron chi connectivity index (χ4n) is 1.36. The van der Waals surface area contributed by atoms with Crippen molar-refractivity contribution in [1.82, 2.24) is 0 Å². The van der Waals surface area contributed by atoms with E-state index in [1.165, 1.54) is 10.9 Å². The average Bonchev–Trinajstić information content (AvgIpc) is 2.68. The quantitative estimate of drug-likeness (QED) is 0.709. The molecule has 0 spiro atoms. The third kappa shape index (κ3) is 1.50. The number of alkyl halides is 1. The molecule has 14 heavy (non-hydrogen) atoms. The second-order valence-corrected chi connectivity index (χ2v) is 5.08. The standard InChI is InChI=1S/C10H5Br2NS/c11-4-6-3-7(5-13)9(12)10-8(6)1-2-14-10/h1-3H,4H2. The highest BCUT2D eigenvalue weighted by Gasteiger charge is 2.10. The van der Waals surface area contributed by atoms with Crippen molar-refractivity contribution in [2.24, 2.45) is 0 Å². The summed E-state index contributed by atoms with van der Waals surface area (Å²) in [5.41, 5.74) is 1.87. The summed E-state index contributed by atoms with van der Waals surface area (Å²) in [6.45, 7) is 0. The molecule has 2 aromatic rings. The van der Waals surface area contributed by atoms with E-state index in [1.807, 2.05) is 11.4 Å². The first kappa shape index (κ1) is 10.2. The lowest BCUT2D eigenvalue weighted by Gasteiger charge is -2.02. The van der Waals surface area contributed by atoms with Gasteiger partial charge in [-0.15, -0.1) is 11.3 Å². The summed E-state index contributed by atoms with van der Waals surface area (Å²) in [7, 11) is 0. The van der Waals surface area contributed by atoms with Gasteiger partial charge in [-0.05, 0) is 44.4 Å². The molecule has 0 saturated heterocycles. The lowest BCUT2D eigenvalue weighted by Crippen LogP contribution is -1.84. The maximum absolute atomic E-state index is 8.94. The third-order valence-electron chi connectivity index (χ3n) is 2.03. The minimum atomic E-state index is 0.703. The SMILES string of the molecule is N#Cc1cc(CBr)c2ccsc2c1Br. The monoisotopic (exact) mass is 329 g/mol. The van der Waals surface area contributed by atoms with Crippen molar-refractivity contribution in [2.45, 2.75) is 5.33 Å². The van der Waals surface area contributed by atoms with E-state index in [4.69, 9.17) is 5.26 Å². The van der Waals surface area contributed by atoms with Crippen LogP contribution < -0.4 is 0 Å². The van der Waals surface area contributed by atoms with E-state index in [0.29, 0.717) is 5.56 Å². The van der Waals surface area contributed by atoms with Gasteiger partial charge in [0.05, 0.1) is 14.7 Å². The summed E-state index contributed by atoms with van der Waals surface area (Å²) in [5, 5.41) is 13.0. The molecule has 1 aromatic heterocycles. The second kappa shape index (κ2) is 4.01. The van der Waals surface area contributed by atoms with Crippen LogP contribution in [0.5, 0.6) is 0 Å². The summed E-state index contributed by atoms with van der Waals surface area (Å²) in [5.74, 6) is 0. The smallest absolute Gasteiger partial charge is 0.100 e. The van der Waals surface area contributed by atoms with Gasteiger partial charge in [-0.3, -0.25) is 0 Å². The highest BCUT2D eigenvalue weighted by molar-refractivity contribution is 9.10. The van der Waals surface area contributed by atoms with Gasteiger partial charge in [-0.2, -0.15) is 5.26 Å². The highest BCUT2D eigenvalue weighted by atomic mass is 79.9. The molecule has 0 N–H and O–H groups in total. The molecule has 1 nitrogen and oxygen atoms in total. The lowest BCUT2D eigenvalue weighted by atomic mass is 10.1. The molecule has 0 radical (unpaired) electrons. The van der Waals surface area contributed by atoms with Gasteiger partial charge in [0.25, 0.3) is 0 Å². The summed E-state index contributed by atoms with van der Waals surface area (Å²) < 4.78 is 2.06. The van der Waals surface area contributed by atoms with Crippen molar-refractivity contribution in [3.05, 3.63) is 33.1 Å². The molecule has 0 fully saturated rings. The maximum atomic E-state index is 8.94. The van der Waals surface area contributed by atoms with Crippen LogP contribution in [0.4, 0.5) is 0 Å². The largest absolute Gasteiger partial charge is 0.192 e. The lowest BCUT2D eigenvalue weighted by molar-refractivity contribution is 1.43. The number of hydrogen-bond acceptors (Lipinski definition) is 2. The van der Waals surface area contributed by atoms with Crippen LogP contribution in [0.1, 0.15) is 11.1 Å². The predicted octanol–water partition coefficient (Wildman–Crippen LogP) is 4.43. The normalized spacial score (nSPS) is 10.4. The minimum Gasteiger partial charge on any atom is -0.192 e. The fourth-order valence-corrected chi connectivity index (χ4v) is 3.40. The van der Waals surface area contributed by atoms with Gasteiger partial charge in [0.2, 0.25) is 0 Å². The molecule has 0 aliphatic carbocycles. The van der Waals surface area contributed by atoms with E-state index in [9.17, 15) is 0 Å². The number of nitrogens with zero attached hydrogens (tertiary/aromatic N) is 1. The maximum Gasteiger partial charge on any atom is 0.100 e. The van der Waals surface area contributed by atoms with Crippen molar-refractivity contribution in [1.29, 1.82) is 5.26 Å². The number of hydrogen-bond donors (Lipinski definition) is 0. The average molecular weight is 331 g/mol. The van der Waals surface area contributed by atoms with Crippen LogP contribution in [0.3, 0.4) is 0 Å². The zero-order valence-electron chi connectivity index (χ0n) is 7.05. The number of halogens is 2. The predicted molar refractivity (Wildman–Crippen MR) is 66.9 cm³/mol. The first-order valence-electron chi connectivity index (χ1n) is 3.92. The molecule has 0 aliphatic rings. The number of rotatable bonds is 1. The molecule has 0 amide bonds. The van der Waals surface area contributed by atoms with Crippen molar-refractivity contribution in [3.8, 4) is 6.07 Å². The Labute approximate surface area is 103 Å². The van der Waals surface area contributed by atoms with Crippen molar-refractivity contribution in [3.63, 3.8) is 0 Å². The van der Waals surface area contributed by atoms with E-state index in [2.05, 4.69) is 44.0 Å². The number of thiophene rings is 1. The topological polar surface area (TPSA) is 23.8 Å². The molecule has 4 heteroatoms. The minimum absolute atomic E-state index is 0.703. The molecule has 0 unspecified atom stereocenters. The molecule has 2 rings (SSSR count). The molecule has 1 aromatic carbocycles.